The van der Waals surface area contributed by atoms with Crippen LogP contribution >= 0.6 is 22.6 Å². The lowest BCUT2D eigenvalue weighted by atomic mass is 9.81. The Kier molecular flexibility index (Phi) is 4.75. The number of rotatable bonds is 3. The number of hydrogen-bond donors (Lipinski definition) is 0. The Balaban J connectivity index is 1.79. The number of fused-ring (bicyclic) bond motifs is 3. The summed E-state index contributed by atoms with van der Waals surface area (Å²) in [6.45, 7) is 9.07. The smallest absolute Gasteiger partial charge is 0.0159 e. The van der Waals surface area contributed by atoms with E-state index in [0.717, 1.165) is 6.42 Å². The summed E-state index contributed by atoms with van der Waals surface area (Å²) < 4.78 is 1.30. The largest absolute Gasteiger partial charge is 0.0842 e. The van der Waals surface area contributed by atoms with Crippen LogP contribution in [0.1, 0.15) is 49.4 Å². The average molecular weight is 464 g/mol. The molecule has 0 unspecified atom stereocenters. The van der Waals surface area contributed by atoms with Crippen LogP contribution in [0, 0.1) is 10.5 Å². The SMILES string of the molecule is CC/C=C\c1ccc(-c2ccc3c(c2)C(C)(C)c2cc(I)ccc2-3)cc1C. The molecule has 0 radical (unpaired) electrons. The Labute approximate surface area is 176 Å². The van der Waals surface area contributed by atoms with Gasteiger partial charge in [0.05, 0.1) is 0 Å². The molecule has 3 aromatic rings. The molecular weight excluding hydrogens is 439 g/mol. The van der Waals surface area contributed by atoms with Gasteiger partial charge >= 0.3 is 0 Å². The molecule has 0 spiro atoms. The van der Waals surface area contributed by atoms with E-state index in [1.54, 1.807) is 0 Å². The molecule has 0 amide bonds. The molecule has 1 heteroatoms. The maximum atomic E-state index is 2.42. The van der Waals surface area contributed by atoms with Crippen LogP contribution in [0.5, 0.6) is 0 Å². The van der Waals surface area contributed by atoms with E-state index < -0.39 is 0 Å². The van der Waals surface area contributed by atoms with Gasteiger partial charge in [-0.25, -0.2) is 0 Å². The van der Waals surface area contributed by atoms with Crippen LogP contribution in [0.2, 0.25) is 0 Å². The van der Waals surface area contributed by atoms with Crippen molar-refractivity contribution < 1.29 is 0 Å². The van der Waals surface area contributed by atoms with Crippen LogP contribution in [0.3, 0.4) is 0 Å². The summed E-state index contributed by atoms with van der Waals surface area (Å²) in [5.41, 5.74) is 10.9. The predicted molar refractivity (Wildman–Crippen MR) is 126 cm³/mol. The number of allylic oxidation sites excluding steroid dienone is 1. The monoisotopic (exact) mass is 464 g/mol. The minimum atomic E-state index is 0.0424. The van der Waals surface area contributed by atoms with Crippen LogP contribution < -0.4 is 0 Å². The zero-order chi connectivity index (χ0) is 19.2. The summed E-state index contributed by atoms with van der Waals surface area (Å²) in [6.07, 6.45) is 5.52. The summed E-state index contributed by atoms with van der Waals surface area (Å²) >= 11 is 2.42. The molecular formula is C26H25I. The lowest BCUT2D eigenvalue weighted by Gasteiger charge is -2.22. The second-order valence-corrected chi connectivity index (χ2v) is 9.20. The number of benzene rings is 3. The quantitative estimate of drug-likeness (QED) is 0.345. The minimum absolute atomic E-state index is 0.0424. The Morgan fingerprint density at radius 2 is 1.48 bits per heavy atom. The summed E-state index contributed by atoms with van der Waals surface area (Å²) in [5.74, 6) is 0. The van der Waals surface area contributed by atoms with Crippen LogP contribution in [0.15, 0.2) is 60.7 Å². The van der Waals surface area contributed by atoms with E-state index in [4.69, 9.17) is 0 Å². The van der Waals surface area contributed by atoms with Crippen molar-refractivity contribution in [2.75, 3.05) is 0 Å². The van der Waals surface area contributed by atoms with Crippen LogP contribution in [0.25, 0.3) is 28.3 Å². The molecule has 3 aromatic carbocycles. The first kappa shape index (κ1) is 18.5. The van der Waals surface area contributed by atoms with Gasteiger partial charge in [-0.15, -0.1) is 0 Å². The van der Waals surface area contributed by atoms with Crippen molar-refractivity contribution in [3.63, 3.8) is 0 Å². The fourth-order valence-electron chi connectivity index (χ4n) is 4.18. The van der Waals surface area contributed by atoms with Crippen molar-refractivity contribution >= 4 is 28.7 Å². The Morgan fingerprint density at radius 1 is 0.852 bits per heavy atom. The van der Waals surface area contributed by atoms with Crippen LogP contribution in [-0.2, 0) is 5.41 Å². The summed E-state index contributed by atoms with van der Waals surface area (Å²) in [4.78, 5) is 0. The van der Waals surface area contributed by atoms with Gasteiger partial charge < -0.3 is 0 Å². The van der Waals surface area contributed by atoms with Crippen molar-refractivity contribution in [2.24, 2.45) is 0 Å². The first-order valence-electron chi connectivity index (χ1n) is 9.64. The molecule has 136 valence electrons. The van der Waals surface area contributed by atoms with Gasteiger partial charge in [-0.3, -0.25) is 0 Å². The molecule has 0 atom stereocenters. The zero-order valence-electron chi connectivity index (χ0n) is 16.4. The van der Waals surface area contributed by atoms with E-state index in [0.29, 0.717) is 0 Å². The maximum absolute atomic E-state index is 2.42. The third-order valence-electron chi connectivity index (χ3n) is 5.77. The number of hydrogen-bond acceptors (Lipinski definition) is 0. The lowest BCUT2D eigenvalue weighted by molar-refractivity contribution is 0.660. The van der Waals surface area contributed by atoms with Crippen LogP contribution in [-0.4, -0.2) is 0 Å². The third kappa shape index (κ3) is 3.16. The topological polar surface area (TPSA) is 0 Å². The average Bonchev–Trinajstić information content (AvgIpc) is 2.87. The van der Waals surface area contributed by atoms with Gasteiger partial charge in [0, 0.05) is 8.99 Å². The van der Waals surface area contributed by atoms with E-state index in [1.165, 1.54) is 48.1 Å². The molecule has 4 rings (SSSR count). The normalized spacial score (nSPS) is 14.4. The standard InChI is InChI=1S/C26H25I/c1-5-6-7-18-8-9-19(14-17(18)2)20-10-12-22-23-13-11-21(27)16-25(23)26(3,4)24(22)15-20/h6-16H,5H2,1-4H3/b7-6-. The van der Waals surface area contributed by atoms with E-state index >= 15 is 0 Å². The molecule has 0 aliphatic heterocycles. The first-order valence-corrected chi connectivity index (χ1v) is 10.7. The molecule has 0 saturated heterocycles. The highest BCUT2D eigenvalue weighted by Crippen LogP contribution is 2.49. The molecule has 0 fully saturated rings. The highest BCUT2D eigenvalue weighted by atomic mass is 127. The van der Waals surface area contributed by atoms with Crippen molar-refractivity contribution in [3.05, 3.63) is 86.5 Å². The molecule has 0 saturated carbocycles. The third-order valence-corrected chi connectivity index (χ3v) is 6.45. The Hall–Kier alpha value is -1.87. The molecule has 0 heterocycles. The predicted octanol–water partition coefficient (Wildman–Crippen LogP) is 8.00. The number of aryl methyl sites for hydroxylation is 1. The Bertz CT molecular complexity index is 1050. The van der Waals surface area contributed by atoms with Gasteiger partial charge in [0.25, 0.3) is 0 Å². The summed E-state index contributed by atoms with van der Waals surface area (Å²) in [7, 11) is 0. The van der Waals surface area contributed by atoms with Gasteiger partial charge in [-0.1, -0.05) is 69.3 Å². The molecule has 0 N–H and O–H groups in total. The summed E-state index contributed by atoms with van der Waals surface area (Å²) in [5, 5.41) is 0. The number of halogens is 1. The van der Waals surface area contributed by atoms with E-state index in [2.05, 4.69) is 117 Å². The first-order chi connectivity index (χ1) is 12.9. The van der Waals surface area contributed by atoms with Crippen molar-refractivity contribution in [2.45, 2.75) is 39.5 Å². The van der Waals surface area contributed by atoms with E-state index in [1.807, 2.05) is 0 Å². The lowest BCUT2D eigenvalue weighted by Crippen LogP contribution is -2.15. The van der Waals surface area contributed by atoms with Crippen LogP contribution in [0.4, 0.5) is 0 Å². The van der Waals surface area contributed by atoms with Crippen molar-refractivity contribution in [1.29, 1.82) is 0 Å². The van der Waals surface area contributed by atoms with Gasteiger partial charge in [0.2, 0.25) is 0 Å². The fraction of sp³-hybridized carbons (Fsp3) is 0.231. The molecule has 1 aliphatic rings. The van der Waals surface area contributed by atoms with E-state index in [-0.39, 0.29) is 5.41 Å². The van der Waals surface area contributed by atoms with Gasteiger partial charge in [-0.2, -0.15) is 0 Å². The second kappa shape index (κ2) is 6.94. The van der Waals surface area contributed by atoms with Gasteiger partial charge in [0.1, 0.15) is 0 Å². The molecule has 27 heavy (non-hydrogen) atoms. The summed E-state index contributed by atoms with van der Waals surface area (Å²) in [6, 6.07) is 20.6. The fourth-order valence-corrected chi connectivity index (χ4v) is 4.67. The molecule has 0 aromatic heterocycles. The van der Waals surface area contributed by atoms with Crippen molar-refractivity contribution in [3.8, 4) is 22.3 Å². The molecule has 0 bridgehead atoms. The molecule has 1 aliphatic carbocycles. The maximum Gasteiger partial charge on any atom is 0.0159 e. The highest BCUT2D eigenvalue weighted by Gasteiger charge is 2.35. The minimum Gasteiger partial charge on any atom is -0.0842 e. The van der Waals surface area contributed by atoms with Gasteiger partial charge in [0.15, 0.2) is 0 Å². The second-order valence-electron chi connectivity index (χ2n) is 7.96. The van der Waals surface area contributed by atoms with Gasteiger partial charge in [-0.05, 0) is 98.6 Å². The van der Waals surface area contributed by atoms with E-state index in [9.17, 15) is 0 Å². The highest BCUT2D eigenvalue weighted by molar-refractivity contribution is 14.1. The Morgan fingerprint density at radius 3 is 2.19 bits per heavy atom. The van der Waals surface area contributed by atoms with Crippen molar-refractivity contribution in [1.82, 2.24) is 0 Å². The zero-order valence-corrected chi connectivity index (χ0v) is 18.6. The molecule has 0 nitrogen and oxygen atoms in total.